The Balaban J connectivity index is 2.17. The van der Waals surface area contributed by atoms with Gasteiger partial charge in [-0.15, -0.1) is 0 Å². The zero-order valence-corrected chi connectivity index (χ0v) is 10.4. The van der Waals surface area contributed by atoms with E-state index in [4.69, 9.17) is 5.73 Å². The molecule has 3 heteroatoms. The number of anilines is 2. The summed E-state index contributed by atoms with van der Waals surface area (Å²) >= 11 is 0. The van der Waals surface area contributed by atoms with Crippen LogP contribution in [0.25, 0.3) is 0 Å². The van der Waals surface area contributed by atoms with Crippen molar-refractivity contribution in [3.8, 4) is 0 Å². The third-order valence-electron chi connectivity index (χ3n) is 3.51. The molecule has 1 aromatic rings. The molecule has 0 bridgehead atoms. The van der Waals surface area contributed by atoms with Gasteiger partial charge in [0.15, 0.2) is 0 Å². The van der Waals surface area contributed by atoms with Crippen LogP contribution in [-0.2, 0) is 0 Å². The lowest BCUT2D eigenvalue weighted by Gasteiger charge is -2.23. The summed E-state index contributed by atoms with van der Waals surface area (Å²) in [4.78, 5) is 4.70. The van der Waals surface area contributed by atoms with Gasteiger partial charge in [-0.05, 0) is 32.1 Å². The second-order valence-electron chi connectivity index (χ2n) is 4.97. The van der Waals surface area contributed by atoms with E-state index < -0.39 is 0 Å². The highest BCUT2D eigenvalue weighted by atomic mass is 15.2. The third-order valence-corrected chi connectivity index (χ3v) is 3.51. The first-order valence-corrected chi connectivity index (χ1v) is 5.85. The van der Waals surface area contributed by atoms with Crippen molar-refractivity contribution in [1.29, 1.82) is 0 Å². The van der Waals surface area contributed by atoms with Crippen LogP contribution >= 0.6 is 0 Å². The molecule has 2 rings (SSSR count). The minimum atomic E-state index is 0.625. The highest BCUT2D eigenvalue weighted by Crippen LogP contribution is 2.29. The minimum Gasteiger partial charge on any atom is -0.397 e. The van der Waals surface area contributed by atoms with E-state index in [-0.39, 0.29) is 0 Å². The smallest absolute Gasteiger partial charge is 0.0600 e. The standard InChI is InChI=1S/C13H21N3/c1-10-8-16(9-13(10)15(2)3)12-7-5-4-6-11(12)14/h4-7,10,13H,8-9,14H2,1-3H3. The van der Waals surface area contributed by atoms with Gasteiger partial charge in [0, 0.05) is 19.1 Å². The number of nitrogen functional groups attached to an aromatic ring is 1. The van der Waals surface area contributed by atoms with Gasteiger partial charge in [0.25, 0.3) is 0 Å². The molecule has 0 aliphatic carbocycles. The fraction of sp³-hybridized carbons (Fsp3) is 0.538. The van der Waals surface area contributed by atoms with Gasteiger partial charge < -0.3 is 15.5 Å². The van der Waals surface area contributed by atoms with Crippen molar-refractivity contribution in [3.05, 3.63) is 24.3 Å². The number of benzene rings is 1. The maximum atomic E-state index is 6.01. The van der Waals surface area contributed by atoms with E-state index in [1.807, 2.05) is 12.1 Å². The molecular formula is C13H21N3. The van der Waals surface area contributed by atoms with E-state index in [0.717, 1.165) is 18.8 Å². The normalized spacial score (nSPS) is 25.4. The number of nitrogens with zero attached hydrogens (tertiary/aromatic N) is 2. The van der Waals surface area contributed by atoms with Gasteiger partial charge in [-0.3, -0.25) is 0 Å². The molecule has 0 spiro atoms. The Hall–Kier alpha value is -1.22. The minimum absolute atomic E-state index is 0.625. The maximum absolute atomic E-state index is 6.01. The molecule has 1 fully saturated rings. The van der Waals surface area contributed by atoms with Crippen LogP contribution < -0.4 is 10.6 Å². The molecule has 3 nitrogen and oxygen atoms in total. The highest BCUT2D eigenvalue weighted by Gasteiger charge is 2.31. The van der Waals surface area contributed by atoms with Crippen LogP contribution in [0.5, 0.6) is 0 Å². The second kappa shape index (κ2) is 4.34. The Labute approximate surface area is 97.8 Å². The molecule has 1 saturated heterocycles. The molecule has 1 aliphatic rings. The molecule has 0 radical (unpaired) electrons. The Morgan fingerprint density at radius 1 is 1.25 bits per heavy atom. The van der Waals surface area contributed by atoms with Crippen LogP contribution in [-0.4, -0.2) is 38.1 Å². The van der Waals surface area contributed by atoms with Crippen molar-refractivity contribution in [2.24, 2.45) is 5.92 Å². The summed E-state index contributed by atoms with van der Waals surface area (Å²) in [6.07, 6.45) is 0. The number of para-hydroxylation sites is 2. The van der Waals surface area contributed by atoms with Crippen LogP contribution in [0.3, 0.4) is 0 Å². The van der Waals surface area contributed by atoms with E-state index in [1.54, 1.807) is 0 Å². The SMILES string of the molecule is CC1CN(c2ccccc2N)CC1N(C)C. The first-order chi connectivity index (χ1) is 7.59. The molecule has 2 unspecified atom stereocenters. The van der Waals surface area contributed by atoms with E-state index in [1.165, 1.54) is 5.69 Å². The topological polar surface area (TPSA) is 32.5 Å². The second-order valence-corrected chi connectivity index (χ2v) is 4.97. The van der Waals surface area contributed by atoms with Crippen LogP contribution in [0, 0.1) is 5.92 Å². The quantitative estimate of drug-likeness (QED) is 0.768. The molecule has 1 aliphatic heterocycles. The first-order valence-electron chi connectivity index (χ1n) is 5.85. The zero-order valence-electron chi connectivity index (χ0n) is 10.4. The molecule has 88 valence electrons. The number of nitrogens with two attached hydrogens (primary N) is 1. The van der Waals surface area contributed by atoms with E-state index in [9.17, 15) is 0 Å². The summed E-state index contributed by atoms with van der Waals surface area (Å²) in [6.45, 7) is 4.48. The fourth-order valence-corrected chi connectivity index (χ4v) is 2.59. The average Bonchev–Trinajstić information content (AvgIpc) is 2.61. The van der Waals surface area contributed by atoms with Crippen molar-refractivity contribution in [2.45, 2.75) is 13.0 Å². The average molecular weight is 219 g/mol. The molecule has 1 aromatic carbocycles. The van der Waals surface area contributed by atoms with E-state index in [2.05, 4.69) is 43.0 Å². The van der Waals surface area contributed by atoms with Crippen LogP contribution in [0.1, 0.15) is 6.92 Å². The molecular weight excluding hydrogens is 198 g/mol. The van der Waals surface area contributed by atoms with Crippen molar-refractivity contribution < 1.29 is 0 Å². The lowest BCUT2D eigenvalue weighted by Crippen LogP contribution is -2.34. The Morgan fingerprint density at radius 2 is 1.94 bits per heavy atom. The summed E-state index contributed by atoms with van der Waals surface area (Å²) in [5, 5.41) is 0. The van der Waals surface area contributed by atoms with Gasteiger partial charge >= 0.3 is 0 Å². The molecule has 0 amide bonds. The van der Waals surface area contributed by atoms with Crippen molar-refractivity contribution in [2.75, 3.05) is 37.8 Å². The predicted octanol–water partition coefficient (Wildman–Crippen LogP) is 1.66. The van der Waals surface area contributed by atoms with Crippen LogP contribution in [0.2, 0.25) is 0 Å². The van der Waals surface area contributed by atoms with Gasteiger partial charge in [0.05, 0.1) is 11.4 Å². The Bertz CT molecular complexity index is 362. The predicted molar refractivity (Wildman–Crippen MR) is 69.7 cm³/mol. The third kappa shape index (κ3) is 2.00. The van der Waals surface area contributed by atoms with Crippen molar-refractivity contribution in [3.63, 3.8) is 0 Å². The molecule has 16 heavy (non-hydrogen) atoms. The van der Waals surface area contributed by atoms with Gasteiger partial charge in [0.1, 0.15) is 0 Å². The summed E-state index contributed by atoms with van der Waals surface area (Å²) in [5.74, 6) is 0.689. The number of hydrogen-bond donors (Lipinski definition) is 1. The van der Waals surface area contributed by atoms with E-state index in [0.29, 0.717) is 12.0 Å². The van der Waals surface area contributed by atoms with Crippen LogP contribution in [0.4, 0.5) is 11.4 Å². The number of hydrogen-bond acceptors (Lipinski definition) is 3. The van der Waals surface area contributed by atoms with Gasteiger partial charge in [-0.25, -0.2) is 0 Å². The molecule has 1 heterocycles. The zero-order chi connectivity index (χ0) is 11.7. The lowest BCUT2D eigenvalue weighted by atomic mass is 10.1. The van der Waals surface area contributed by atoms with Gasteiger partial charge in [0.2, 0.25) is 0 Å². The maximum Gasteiger partial charge on any atom is 0.0600 e. The molecule has 2 atom stereocenters. The van der Waals surface area contributed by atoms with Crippen LogP contribution in [0.15, 0.2) is 24.3 Å². The van der Waals surface area contributed by atoms with E-state index >= 15 is 0 Å². The Morgan fingerprint density at radius 3 is 2.50 bits per heavy atom. The summed E-state index contributed by atoms with van der Waals surface area (Å²) in [6, 6.07) is 8.75. The fourth-order valence-electron chi connectivity index (χ4n) is 2.59. The summed E-state index contributed by atoms with van der Waals surface area (Å²) < 4.78 is 0. The number of likely N-dealkylation sites (N-methyl/N-ethyl adjacent to an activating group) is 1. The first kappa shape index (κ1) is 11.3. The van der Waals surface area contributed by atoms with Gasteiger partial charge in [-0.1, -0.05) is 19.1 Å². The lowest BCUT2D eigenvalue weighted by molar-refractivity contribution is 0.266. The summed E-state index contributed by atoms with van der Waals surface area (Å²) in [5.41, 5.74) is 8.07. The highest BCUT2D eigenvalue weighted by molar-refractivity contribution is 5.67. The number of rotatable bonds is 2. The molecule has 0 aromatic heterocycles. The summed E-state index contributed by atoms with van der Waals surface area (Å²) in [7, 11) is 4.30. The van der Waals surface area contributed by atoms with Crippen molar-refractivity contribution >= 4 is 11.4 Å². The monoisotopic (exact) mass is 219 g/mol. The molecule has 2 N–H and O–H groups in total. The molecule has 0 saturated carbocycles. The Kier molecular flexibility index (Phi) is 3.06. The van der Waals surface area contributed by atoms with Gasteiger partial charge in [-0.2, -0.15) is 0 Å². The van der Waals surface area contributed by atoms with Crippen molar-refractivity contribution in [1.82, 2.24) is 4.90 Å². The largest absolute Gasteiger partial charge is 0.397 e.